The third-order valence-corrected chi connectivity index (χ3v) is 4.20. The molecular formula is C14H21ClFN3O4S. The van der Waals surface area contributed by atoms with Crippen molar-refractivity contribution in [2.75, 3.05) is 29.5 Å². The molecule has 1 heterocycles. The molecule has 0 aromatic heterocycles. The predicted molar refractivity (Wildman–Crippen MR) is 92.3 cm³/mol. The highest BCUT2D eigenvalue weighted by Crippen LogP contribution is 2.22. The van der Waals surface area contributed by atoms with E-state index in [4.69, 9.17) is 10.5 Å². The summed E-state index contributed by atoms with van der Waals surface area (Å²) >= 11 is 0. The molecule has 0 radical (unpaired) electrons. The van der Waals surface area contributed by atoms with Crippen molar-refractivity contribution in [1.29, 1.82) is 0 Å². The number of halogens is 2. The largest absolute Gasteiger partial charge is 0.381 e. The maximum Gasteiger partial charge on any atom is 0.241 e. The Bertz CT molecular complexity index is 681. The molecule has 1 aliphatic heterocycles. The van der Waals surface area contributed by atoms with Crippen molar-refractivity contribution >= 4 is 39.7 Å². The third kappa shape index (κ3) is 5.90. The van der Waals surface area contributed by atoms with E-state index in [1.165, 1.54) is 12.1 Å². The predicted octanol–water partition coefficient (Wildman–Crippen LogP) is 1.31. The average Bonchev–Trinajstić information content (AvgIpc) is 2.49. The van der Waals surface area contributed by atoms with Gasteiger partial charge in [0.25, 0.3) is 0 Å². The number of carbonyl (C=O) groups is 1. The number of carbonyl (C=O) groups excluding carboxylic acids is 1. The maximum absolute atomic E-state index is 13.6. The second kappa shape index (κ2) is 8.61. The van der Waals surface area contributed by atoms with Crippen molar-refractivity contribution in [1.82, 2.24) is 0 Å². The minimum atomic E-state index is -3.62. The first-order valence-corrected chi connectivity index (χ1v) is 9.07. The molecule has 1 aliphatic rings. The number of nitrogens with one attached hydrogen (secondary N) is 2. The molecule has 0 spiro atoms. The normalized spacial score (nSPS) is 16.8. The van der Waals surface area contributed by atoms with Crippen LogP contribution >= 0.6 is 12.4 Å². The van der Waals surface area contributed by atoms with E-state index in [0.29, 0.717) is 26.1 Å². The molecule has 1 saturated heterocycles. The van der Waals surface area contributed by atoms with E-state index in [1.807, 2.05) is 0 Å². The van der Waals surface area contributed by atoms with Gasteiger partial charge in [-0.15, -0.1) is 12.4 Å². The van der Waals surface area contributed by atoms with Gasteiger partial charge in [0.15, 0.2) is 0 Å². The molecule has 1 unspecified atom stereocenters. The number of hydrogen-bond donors (Lipinski definition) is 3. The van der Waals surface area contributed by atoms with Gasteiger partial charge >= 0.3 is 0 Å². The van der Waals surface area contributed by atoms with Crippen LogP contribution in [0.4, 0.5) is 15.8 Å². The van der Waals surface area contributed by atoms with Gasteiger partial charge in [-0.3, -0.25) is 9.52 Å². The Labute approximate surface area is 146 Å². The number of anilines is 2. The van der Waals surface area contributed by atoms with E-state index in [1.54, 1.807) is 0 Å². The Morgan fingerprint density at radius 1 is 1.38 bits per heavy atom. The van der Waals surface area contributed by atoms with Crippen molar-refractivity contribution in [2.24, 2.45) is 11.7 Å². The van der Waals surface area contributed by atoms with Gasteiger partial charge in [-0.1, -0.05) is 0 Å². The van der Waals surface area contributed by atoms with Crippen molar-refractivity contribution in [3.8, 4) is 0 Å². The Morgan fingerprint density at radius 2 is 2.00 bits per heavy atom. The van der Waals surface area contributed by atoms with E-state index in [0.717, 1.165) is 12.3 Å². The van der Waals surface area contributed by atoms with Crippen LogP contribution in [-0.2, 0) is 19.6 Å². The van der Waals surface area contributed by atoms with Crippen LogP contribution in [0.25, 0.3) is 0 Å². The lowest BCUT2D eigenvalue weighted by molar-refractivity contribution is -0.119. The summed E-state index contributed by atoms with van der Waals surface area (Å²) in [5.41, 5.74) is 5.99. The molecule has 1 aromatic carbocycles. The maximum atomic E-state index is 13.6. The number of benzene rings is 1. The summed E-state index contributed by atoms with van der Waals surface area (Å²) in [6, 6.07) is 2.93. The van der Waals surface area contributed by atoms with Gasteiger partial charge in [-0.25, -0.2) is 12.8 Å². The molecule has 1 atom stereocenters. The third-order valence-electron chi connectivity index (χ3n) is 3.61. The number of hydrogen-bond acceptors (Lipinski definition) is 5. The van der Waals surface area contributed by atoms with E-state index in [9.17, 15) is 17.6 Å². The van der Waals surface area contributed by atoms with Crippen molar-refractivity contribution in [3.63, 3.8) is 0 Å². The summed E-state index contributed by atoms with van der Waals surface area (Å²) in [5, 5.41) is 2.59. The molecule has 0 bridgehead atoms. The molecule has 1 fully saturated rings. The number of sulfonamides is 1. The van der Waals surface area contributed by atoms with Gasteiger partial charge in [-0.05, 0) is 37.0 Å². The Balaban J connectivity index is 0.00000288. The van der Waals surface area contributed by atoms with Crippen LogP contribution < -0.4 is 15.8 Å². The Morgan fingerprint density at radius 3 is 2.58 bits per heavy atom. The monoisotopic (exact) mass is 381 g/mol. The summed E-state index contributed by atoms with van der Waals surface area (Å²) in [6.07, 6.45) is 2.33. The van der Waals surface area contributed by atoms with Gasteiger partial charge in [0, 0.05) is 18.9 Å². The zero-order valence-electron chi connectivity index (χ0n) is 13.1. The minimum Gasteiger partial charge on any atom is -0.381 e. The quantitative estimate of drug-likeness (QED) is 0.712. The highest BCUT2D eigenvalue weighted by Gasteiger charge is 2.26. The first-order chi connectivity index (χ1) is 10.8. The smallest absolute Gasteiger partial charge is 0.241 e. The van der Waals surface area contributed by atoms with E-state index in [-0.39, 0.29) is 29.7 Å². The van der Waals surface area contributed by atoms with Crippen LogP contribution in [0.5, 0.6) is 0 Å². The SMILES string of the molecule is CS(=O)(=O)Nc1cc(NC(=O)C(N)C2CCOCC2)ccc1F.Cl. The first-order valence-electron chi connectivity index (χ1n) is 7.18. The Kier molecular flexibility index (Phi) is 7.40. The molecule has 136 valence electrons. The zero-order chi connectivity index (χ0) is 17.0. The summed E-state index contributed by atoms with van der Waals surface area (Å²) < 4.78 is 43.3. The zero-order valence-corrected chi connectivity index (χ0v) is 14.8. The number of amides is 1. The van der Waals surface area contributed by atoms with Crippen molar-refractivity contribution < 1.29 is 22.3 Å². The minimum absolute atomic E-state index is 0. The van der Waals surface area contributed by atoms with Gasteiger partial charge < -0.3 is 15.8 Å². The molecule has 4 N–H and O–H groups in total. The molecule has 2 rings (SSSR count). The van der Waals surface area contributed by atoms with E-state index in [2.05, 4.69) is 10.0 Å². The van der Waals surface area contributed by atoms with Crippen molar-refractivity contribution in [3.05, 3.63) is 24.0 Å². The van der Waals surface area contributed by atoms with Gasteiger partial charge in [0.2, 0.25) is 15.9 Å². The van der Waals surface area contributed by atoms with E-state index < -0.39 is 27.8 Å². The summed E-state index contributed by atoms with van der Waals surface area (Å²) in [4.78, 5) is 12.2. The lowest BCUT2D eigenvalue weighted by Crippen LogP contribution is -2.44. The number of rotatable bonds is 5. The van der Waals surface area contributed by atoms with Crippen LogP contribution in [0.2, 0.25) is 0 Å². The molecule has 24 heavy (non-hydrogen) atoms. The molecule has 1 amide bonds. The van der Waals surface area contributed by atoms with Crippen LogP contribution in [0.1, 0.15) is 12.8 Å². The van der Waals surface area contributed by atoms with Crippen LogP contribution in [0.15, 0.2) is 18.2 Å². The highest BCUT2D eigenvalue weighted by atomic mass is 35.5. The summed E-state index contributed by atoms with van der Waals surface area (Å²) in [5.74, 6) is -1.10. The van der Waals surface area contributed by atoms with E-state index >= 15 is 0 Å². The van der Waals surface area contributed by atoms with Gasteiger partial charge in [-0.2, -0.15) is 0 Å². The van der Waals surface area contributed by atoms with Crippen LogP contribution in [0, 0.1) is 11.7 Å². The highest BCUT2D eigenvalue weighted by molar-refractivity contribution is 7.92. The first kappa shape index (κ1) is 20.6. The molecule has 0 aliphatic carbocycles. The topological polar surface area (TPSA) is 111 Å². The Hall–Kier alpha value is -1.42. The number of nitrogens with two attached hydrogens (primary N) is 1. The standard InChI is InChI=1S/C14H20FN3O4S.ClH/c1-23(20,21)18-12-8-10(2-3-11(12)15)17-14(19)13(16)9-4-6-22-7-5-9;/h2-3,8-9,13,18H,4-7,16H2,1H3,(H,17,19);1H. The molecule has 0 saturated carbocycles. The second-order valence-corrected chi connectivity index (χ2v) is 7.28. The van der Waals surface area contributed by atoms with Crippen molar-refractivity contribution in [2.45, 2.75) is 18.9 Å². The van der Waals surface area contributed by atoms with Crippen LogP contribution in [0.3, 0.4) is 0 Å². The fourth-order valence-corrected chi connectivity index (χ4v) is 2.95. The molecule has 10 heteroatoms. The molecule has 1 aromatic rings. The summed E-state index contributed by atoms with van der Waals surface area (Å²) in [7, 11) is -3.62. The lowest BCUT2D eigenvalue weighted by atomic mass is 9.92. The molecular weight excluding hydrogens is 361 g/mol. The molecule has 7 nitrogen and oxygen atoms in total. The fourth-order valence-electron chi connectivity index (χ4n) is 2.40. The average molecular weight is 382 g/mol. The van der Waals surface area contributed by atoms with Gasteiger partial charge in [0.05, 0.1) is 18.0 Å². The summed E-state index contributed by atoms with van der Waals surface area (Å²) in [6.45, 7) is 1.15. The van der Waals surface area contributed by atoms with Gasteiger partial charge in [0.1, 0.15) is 5.82 Å². The second-order valence-electron chi connectivity index (χ2n) is 5.53. The van der Waals surface area contributed by atoms with Crippen LogP contribution in [-0.4, -0.2) is 39.8 Å². The number of ether oxygens (including phenoxy) is 1. The fraction of sp³-hybridized carbons (Fsp3) is 0.500. The lowest BCUT2D eigenvalue weighted by Gasteiger charge is -2.26.